The Morgan fingerprint density at radius 2 is 0.805 bits per heavy atom. The van der Waals surface area contributed by atoms with Gasteiger partial charge in [0.15, 0.2) is 0 Å². The number of phenolic OH excluding ortho intramolecular Hbond substituents is 2. The molecule has 0 aliphatic heterocycles. The third-order valence-corrected chi connectivity index (χ3v) is 6.72. The Bertz CT molecular complexity index is 1160. The molecular formula is C35H48O6. The second-order valence-electron chi connectivity index (χ2n) is 14.6. The number of esters is 2. The summed E-state index contributed by atoms with van der Waals surface area (Å²) in [5, 5.41) is 21.8. The Hall–Kier alpha value is -3.54. The number of carbonyl (C=O) groups excluding carboxylic acids is 2. The molecule has 2 aromatic rings. The molecule has 0 heterocycles. The maximum Gasteiger partial charge on any atom is 0.333 e. The average molecular weight is 565 g/mol. The Labute approximate surface area is 246 Å². The average Bonchev–Trinajstić information content (AvgIpc) is 2.79. The first kappa shape index (κ1) is 33.7. The van der Waals surface area contributed by atoms with Crippen molar-refractivity contribution < 1.29 is 29.3 Å². The van der Waals surface area contributed by atoms with Gasteiger partial charge < -0.3 is 19.7 Å². The molecule has 0 aliphatic rings. The lowest BCUT2D eigenvalue weighted by molar-refractivity contribution is -0.160. The van der Waals surface area contributed by atoms with Crippen LogP contribution in [0.25, 0.3) is 12.2 Å². The molecule has 0 bridgehead atoms. The largest absolute Gasteiger partial charge is 0.507 e. The Kier molecular flexibility index (Phi) is 9.97. The van der Waals surface area contributed by atoms with Gasteiger partial charge in [0, 0.05) is 34.4 Å². The number of hydrogen-bond acceptors (Lipinski definition) is 6. The van der Waals surface area contributed by atoms with Crippen molar-refractivity contribution in [3.63, 3.8) is 0 Å². The first-order chi connectivity index (χ1) is 18.5. The van der Waals surface area contributed by atoms with Crippen molar-refractivity contribution in [2.24, 2.45) is 0 Å². The van der Waals surface area contributed by atoms with E-state index < -0.39 is 18.7 Å². The standard InChI is InChI=1S/C35H48O6/c1-32(2,3)24-17-22(18-25(30(24)38)33(4,5)6)13-15-28(36)40-21-41-29(37)16-14-23-19-26(34(7,8)9)31(39)27(20-23)35(10,11)12/h13-20,38-39H,21H2,1-12H3. The fraction of sp³-hybridized carbons (Fsp3) is 0.486. The van der Waals surface area contributed by atoms with Crippen LogP contribution in [0.15, 0.2) is 36.4 Å². The number of rotatable bonds is 6. The van der Waals surface area contributed by atoms with Gasteiger partial charge in [0.2, 0.25) is 6.79 Å². The van der Waals surface area contributed by atoms with Crippen LogP contribution in [-0.4, -0.2) is 28.9 Å². The van der Waals surface area contributed by atoms with Crippen LogP contribution in [0.2, 0.25) is 0 Å². The van der Waals surface area contributed by atoms with Gasteiger partial charge in [-0.05, 0) is 69.2 Å². The third kappa shape index (κ3) is 9.24. The van der Waals surface area contributed by atoms with Crippen molar-refractivity contribution in [1.29, 1.82) is 0 Å². The fourth-order valence-electron chi connectivity index (χ4n) is 4.36. The maximum atomic E-state index is 12.3. The highest BCUT2D eigenvalue weighted by Crippen LogP contribution is 2.41. The molecule has 41 heavy (non-hydrogen) atoms. The van der Waals surface area contributed by atoms with Gasteiger partial charge in [0.05, 0.1) is 0 Å². The van der Waals surface area contributed by atoms with E-state index in [1.54, 1.807) is 12.2 Å². The van der Waals surface area contributed by atoms with Crippen LogP contribution in [0, 0.1) is 0 Å². The van der Waals surface area contributed by atoms with Gasteiger partial charge in [-0.25, -0.2) is 9.59 Å². The summed E-state index contributed by atoms with van der Waals surface area (Å²) in [6, 6.07) is 7.44. The minimum Gasteiger partial charge on any atom is -0.507 e. The van der Waals surface area contributed by atoms with Crippen molar-refractivity contribution in [3.8, 4) is 11.5 Å². The number of carbonyl (C=O) groups is 2. The number of aromatic hydroxyl groups is 2. The molecule has 0 radical (unpaired) electrons. The quantitative estimate of drug-likeness (QED) is 0.209. The van der Waals surface area contributed by atoms with Crippen LogP contribution in [0.5, 0.6) is 11.5 Å². The van der Waals surface area contributed by atoms with Crippen molar-refractivity contribution in [2.75, 3.05) is 6.79 Å². The molecule has 0 aliphatic carbocycles. The monoisotopic (exact) mass is 564 g/mol. The molecule has 2 aromatic carbocycles. The fourth-order valence-corrected chi connectivity index (χ4v) is 4.36. The number of hydrogen-bond donors (Lipinski definition) is 2. The molecule has 0 amide bonds. The zero-order chi connectivity index (χ0) is 31.6. The van der Waals surface area contributed by atoms with Crippen molar-refractivity contribution in [1.82, 2.24) is 0 Å². The zero-order valence-electron chi connectivity index (χ0n) is 26.9. The topological polar surface area (TPSA) is 93.1 Å². The summed E-state index contributed by atoms with van der Waals surface area (Å²) in [4.78, 5) is 24.6. The molecule has 0 aromatic heterocycles. The Morgan fingerprint density at radius 1 is 0.561 bits per heavy atom. The Balaban J connectivity index is 2.11. The van der Waals surface area contributed by atoms with Gasteiger partial charge in [-0.1, -0.05) is 83.1 Å². The lowest BCUT2D eigenvalue weighted by Crippen LogP contribution is -2.17. The van der Waals surface area contributed by atoms with E-state index >= 15 is 0 Å². The summed E-state index contributed by atoms with van der Waals surface area (Å²) < 4.78 is 10.1. The Morgan fingerprint density at radius 3 is 1.02 bits per heavy atom. The van der Waals surface area contributed by atoms with Gasteiger partial charge in [-0.3, -0.25) is 0 Å². The van der Waals surface area contributed by atoms with E-state index in [1.165, 1.54) is 12.2 Å². The van der Waals surface area contributed by atoms with E-state index in [2.05, 4.69) is 0 Å². The van der Waals surface area contributed by atoms with Gasteiger partial charge in [0.25, 0.3) is 0 Å². The molecule has 0 atom stereocenters. The SMILES string of the molecule is CC(C)(C)c1cc(C=CC(=O)OCOC(=O)C=Cc2cc(C(C)(C)C)c(O)c(C(C)(C)C)c2)cc(C(C)(C)C)c1O. The highest BCUT2D eigenvalue weighted by Gasteiger charge is 2.27. The van der Waals surface area contributed by atoms with Crippen LogP contribution in [0.4, 0.5) is 0 Å². The molecule has 6 heteroatoms. The predicted octanol–water partition coefficient (Wildman–Crippen LogP) is 8.06. The van der Waals surface area contributed by atoms with Crippen LogP contribution in [0.1, 0.15) is 116 Å². The minimum atomic E-state index is -0.660. The molecule has 0 saturated carbocycles. The summed E-state index contributed by atoms with van der Waals surface area (Å²) in [5.74, 6) is -0.789. The molecule has 0 fully saturated rings. The second-order valence-corrected chi connectivity index (χ2v) is 14.6. The van der Waals surface area contributed by atoms with Crippen molar-refractivity contribution >= 4 is 24.1 Å². The number of phenols is 2. The molecule has 2 rings (SSSR count). The van der Waals surface area contributed by atoms with Gasteiger partial charge >= 0.3 is 11.9 Å². The molecule has 6 nitrogen and oxygen atoms in total. The van der Waals surface area contributed by atoms with E-state index in [0.717, 1.165) is 33.4 Å². The third-order valence-electron chi connectivity index (χ3n) is 6.72. The summed E-state index contributed by atoms with van der Waals surface area (Å²) in [5.41, 5.74) is 3.50. The number of benzene rings is 2. The van der Waals surface area contributed by atoms with Gasteiger partial charge in [-0.2, -0.15) is 0 Å². The predicted molar refractivity (Wildman–Crippen MR) is 166 cm³/mol. The normalized spacial score (nSPS) is 13.2. The minimum absolute atomic E-state index is 0.265. The van der Waals surface area contributed by atoms with Crippen LogP contribution in [-0.2, 0) is 40.7 Å². The lowest BCUT2D eigenvalue weighted by atomic mass is 9.78. The first-order valence-electron chi connectivity index (χ1n) is 14.0. The molecule has 0 spiro atoms. The lowest BCUT2D eigenvalue weighted by Gasteiger charge is -2.27. The summed E-state index contributed by atoms with van der Waals surface area (Å²) in [6.45, 7) is 23.7. The molecule has 0 saturated heterocycles. The molecule has 0 unspecified atom stereocenters. The first-order valence-corrected chi connectivity index (χ1v) is 14.0. The summed E-state index contributed by atoms with van der Waals surface area (Å²) >= 11 is 0. The van der Waals surface area contributed by atoms with Crippen molar-refractivity contribution in [3.05, 3.63) is 69.8 Å². The van der Waals surface area contributed by atoms with E-state index in [0.29, 0.717) is 0 Å². The maximum absolute atomic E-state index is 12.3. The summed E-state index contributed by atoms with van der Waals surface area (Å²) in [7, 11) is 0. The van der Waals surface area contributed by atoms with E-state index in [9.17, 15) is 19.8 Å². The molecule has 2 N–H and O–H groups in total. The van der Waals surface area contributed by atoms with Crippen molar-refractivity contribution in [2.45, 2.75) is 105 Å². The number of ether oxygens (including phenoxy) is 2. The zero-order valence-corrected chi connectivity index (χ0v) is 26.9. The smallest absolute Gasteiger partial charge is 0.333 e. The van der Waals surface area contributed by atoms with Gasteiger partial charge in [0.1, 0.15) is 11.5 Å². The van der Waals surface area contributed by atoms with Gasteiger partial charge in [-0.15, -0.1) is 0 Å². The van der Waals surface area contributed by atoms with E-state index in [-0.39, 0.29) is 33.2 Å². The van der Waals surface area contributed by atoms with Crippen LogP contribution in [0.3, 0.4) is 0 Å². The van der Waals surface area contributed by atoms with E-state index in [4.69, 9.17) is 9.47 Å². The highest BCUT2D eigenvalue weighted by atomic mass is 16.7. The summed E-state index contributed by atoms with van der Waals surface area (Å²) in [6.07, 6.45) is 5.79. The van der Waals surface area contributed by atoms with E-state index in [1.807, 2.05) is 107 Å². The highest BCUT2D eigenvalue weighted by molar-refractivity contribution is 5.88. The van der Waals surface area contributed by atoms with Crippen LogP contribution >= 0.6 is 0 Å². The van der Waals surface area contributed by atoms with Crippen LogP contribution < -0.4 is 0 Å². The molecular weight excluding hydrogens is 516 g/mol. The molecule has 224 valence electrons. The second kappa shape index (κ2) is 12.1.